The molecule has 0 amide bonds. The number of hydrogen-bond donors (Lipinski definition) is 4. The smallest absolute Gasteiger partial charge is 0.357 e. The zero-order valence-electron chi connectivity index (χ0n) is 8.41. The third-order valence-corrected chi connectivity index (χ3v) is 2.01. The molecule has 0 unspecified atom stereocenters. The first kappa shape index (κ1) is 13.1. The molecule has 1 aromatic carbocycles. The molecule has 0 saturated heterocycles. The molecule has 0 radical (unpaired) electrons. The molecule has 1 rings (SSSR count). The van der Waals surface area contributed by atoms with Crippen LogP contribution in [-0.2, 0) is 4.79 Å². The van der Waals surface area contributed by atoms with E-state index in [2.05, 4.69) is 0 Å². The van der Waals surface area contributed by atoms with Gasteiger partial charge in [0, 0.05) is 6.07 Å². The molecule has 0 heterocycles. The van der Waals surface area contributed by atoms with Crippen LogP contribution in [0.5, 0.6) is 5.75 Å². The maximum atomic E-state index is 12.8. The number of halogens is 2. The summed E-state index contributed by atoms with van der Waals surface area (Å²) in [4.78, 5) is 10.6. The first-order valence-corrected chi connectivity index (χ1v) is 4.66. The van der Waals surface area contributed by atoms with Crippen molar-refractivity contribution in [3.63, 3.8) is 0 Å². The molecular weight excluding hydrogens is 253 g/mol. The van der Waals surface area contributed by atoms with Gasteiger partial charge in [-0.25, -0.2) is 15.0 Å². The Morgan fingerprint density at radius 2 is 2.18 bits per heavy atom. The van der Waals surface area contributed by atoms with Crippen LogP contribution in [0.15, 0.2) is 29.8 Å². The van der Waals surface area contributed by atoms with Gasteiger partial charge >= 0.3 is 5.97 Å². The summed E-state index contributed by atoms with van der Waals surface area (Å²) in [6.45, 7) is 0. The van der Waals surface area contributed by atoms with Crippen molar-refractivity contribution in [2.75, 3.05) is 0 Å². The average Bonchev–Trinajstić information content (AvgIpc) is 2.29. The van der Waals surface area contributed by atoms with Crippen LogP contribution in [0.4, 0.5) is 4.39 Å². The Labute approximate surface area is 101 Å². The quantitative estimate of drug-likeness (QED) is 0.272. The summed E-state index contributed by atoms with van der Waals surface area (Å²) in [6.07, 6.45) is 0. The van der Waals surface area contributed by atoms with E-state index in [0.717, 1.165) is 12.1 Å². The fourth-order valence-electron chi connectivity index (χ4n) is 0.918. The van der Waals surface area contributed by atoms with Crippen molar-refractivity contribution in [3.05, 3.63) is 40.6 Å². The zero-order chi connectivity index (χ0) is 13.0. The van der Waals surface area contributed by atoms with Crippen LogP contribution in [0.2, 0.25) is 5.02 Å². The number of ether oxygens (including phenoxy) is 1. The highest BCUT2D eigenvalue weighted by atomic mass is 35.5. The molecule has 0 aromatic heterocycles. The average molecular weight is 262 g/mol. The van der Waals surface area contributed by atoms with Crippen LogP contribution in [0.1, 0.15) is 0 Å². The molecule has 6 N–H and O–H groups in total. The van der Waals surface area contributed by atoms with Gasteiger partial charge < -0.3 is 15.6 Å². The van der Waals surface area contributed by atoms with Crippen molar-refractivity contribution in [2.24, 2.45) is 11.6 Å². The summed E-state index contributed by atoms with van der Waals surface area (Å²) in [5, 5.41) is 8.44. The van der Waals surface area contributed by atoms with Crippen LogP contribution >= 0.6 is 11.6 Å². The summed E-state index contributed by atoms with van der Waals surface area (Å²) in [5.41, 5.74) is 6.56. The highest BCUT2D eigenvalue weighted by Crippen LogP contribution is 2.22. The SMILES string of the molecule is NN/C(Oc1ccc(F)c(Cl)c1)=C(\N)C(=O)O. The summed E-state index contributed by atoms with van der Waals surface area (Å²) in [5.74, 6) is 2.72. The minimum Gasteiger partial charge on any atom is -0.476 e. The first-order chi connectivity index (χ1) is 7.95. The molecule has 0 atom stereocenters. The highest BCUT2D eigenvalue weighted by molar-refractivity contribution is 6.30. The standard InChI is InChI=1S/C9H9ClFN3O3/c10-5-3-4(1-2-6(5)11)17-8(14-13)7(12)9(15)16/h1-3,14H,12-13H2,(H,15,16)/b8-7+. The van der Waals surface area contributed by atoms with Crippen LogP contribution in [-0.4, -0.2) is 11.1 Å². The second-order valence-electron chi connectivity index (χ2n) is 2.87. The lowest BCUT2D eigenvalue weighted by Gasteiger charge is -2.10. The number of hydrazine groups is 1. The Balaban J connectivity index is 3.00. The molecule has 0 aliphatic carbocycles. The Kier molecular flexibility index (Phi) is 4.13. The van der Waals surface area contributed by atoms with E-state index in [1.54, 1.807) is 0 Å². The van der Waals surface area contributed by atoms with Crippen molar-refractivity contribution in [3.8, 4) is 5.75 Å². The summed E-state index contributed by atoms with van der Waals surface area (Å²) >= 11 is 5.51. The third-order valence-electron chi connectivity index (χ3n) is 1.72. The Bertz CT molecular complexity index is 479. The van der Waals surface area contributed by atoms with Crippen LogP contribution in [0.3, 0.4) is 0 Å². The van der Waals surface area contributed by atoms with Gasteiger partial charge in [0.15, 0.2) is 5.70 Å². The van der Waals surface area contributed by atoms with Gasteiger partial charge in [0.05, 0.1) is 5.02 Å². The number of hydrogen-bond acceptors (Lipinski definition) is 5. The normalized spacial score (nSPS) is 11.7. The number of nitrogens with two attached hydrogens (primary N) is 2. The summed E-state index contributed by atoms with van der Waals surface area (Å²) in [6, 6.07) is 3.46. The van der Waals surface area contributed by atoms with Gasteiger partial charge in [0.25, 0.3) is 0 Å². The maximum Gasteiger partial charge on any atom is 0.357 e. The molecule has 8 heteroatoms. The maximum absolute atomic E-state index is 12.8. The van der Waals surface area contributed by atoms with Crippen molar-refractivity contribution in [2.45, 2.75) is 0 Å². The van der Waals surface area contributed by atoms with Crippen LogP contribution in [0.25, 0.3) is 0 Å². The van der Waals surface area contributed by atoms with Crippen molar-refractivity contribution >= 4 is 17.6 Å². The molecule has 0 aliphatic rings. The van der Waals surface area contributed by atoms with E-state index >= 15 is 0 Å². The van der Waals surface area contributed by atoms with E-state index in [9.17, 15) is 9.18 Å². The number of aliphatic carboxylic acids is 1. The van der Waals surface area contributed by atoms with Gasteiger partial charge in [-0.3, -0.25) is 5.43 Å². The number of carboxylic acid groups (broad SMARTS) is 1. The fraction of sp³-hybridized carbons (Fsp3) is 0. The zero-order valence-corrected chi connectivity index (χ0v) is 9.16. The summed E-state index contributed by atoms with van der Waals surface area (Å²) in [7, 11) is 0. The first-order valence-electron chi connectivity index (χ1n) is 4.28. The van der Waals surface area contributed by atoms with Gasteiger partial charge in [-0.15, -0.1) is 0 Å². The number of nitrogens with one attached hydrogen (secondary N) is 1. The predicted molar refractivity (Wildman–Crippen MR) is 58.2 cm³/mol. The lowest BCUT2D eigenvalue weighted by molar-refractivity contribution is -0.132. The molecule has 6 nitrogen and oxygen atoms in total. The minimum absolute atomic E-state index is 0.0913. The third kappa shape index (κ3) is 3.23. The molecule has 0 fully saturated rings. The van der Waals surface area contributed by atoms with Crippen LogP contribution < -0.4 is 21.7 Å². The van der Waals surface area contributed by atoms with Crippen molar-refractivity contribution in [1.82, 2.24) is 5.43 Å². The Morgan fingerprint density at radius 1 is 1.53 bits per heavy atom. The molecular formula is C9H9ClFN3O3. The molecule has 0 spiro atoms. The minimum atomic E-state index is -1.41. The number of carboxylic acids is 1. The molecule has 17 heavy (non-hydrogen) atoms. The Morgan fingerprint density at radius 3 is 2.65 bits per heavy atom. The largest absolute Gasteiger partial charge is 0.476 e. The van der Waals surface area contributed by atoms with Crippen molar-refractivity contribution < 1.29 is 19.0 Å². The van der Waals surface area contributed by atoms with Crippen molar-refractivity contribution in [1.29, 1.82) is 0 Å². The van der Waals surface area contributed by atoms with Gasteiger partial charge in [0.2, 0.25) is 5.88 Å². The second kappa shape index (κ2) is 5.37. The number of benzene rings is 1. The fourth-order valence-corrected chi connectivity index (χ4v) is 1.09. The molecule has 0 aliphatic heterocycles. The van der Waals surface area contributed by atoms with Crippen LogP contribution in [0, 0.1) is 5.82 Å². The lowest BCUT2D eigenvalue weighted by Crippen LogP contribution is -2.31. The van der Waals surface area contributed by atoms with E-state index in [-0.39, 0.29) is 16.7 Å². The van der Waals surface area contributed by atoms with Gasteiger partial charge in [-0.1, -0.05) is 11.6 Å². The van der Waals surface area contributed by atoms with Gasteiger partial charge in [-0.05, 0) is 12.1 Å². The topological polar surface area (TPSA) is 111 Å². The van der Waals surface area contributed by atoms with E-state index in [1.165, 1.54) is 6.07 Å². The molecule has 0 bridgehead atoms. The van der Waals surface area contributed by atoms with Gasteiger partial charge in [0.1, 0.15) is 11.6 Å². The number of rotatable bonds is 4. The number of carbonyl (C=O) groups is 1. The van der Waals surface area contributed by atoms with E-state index < -0.39 is 17.5 Å². The molecule has 1 aromatic rings. The van der Waals surface area contributed by atoms with Gasteiger partial charge in [-0.2, -0.15) is 0 Å². The molecule has 0 saturated carbocycles. The second-order valence-corrected chi connectivity index (χ2v) is 3.28. The summed E-state index contributed by atoms with van der Waals surface area (Å²) < 4.78 is 17.9. The highest BCUT2D eigenvalue weighted by Gasteiger charge is 2.12. The Hall–Kier alpha value is -1.99. The van der Waals surface area contributed by atoms with E-state index in [4.69, 9.17) is 33.0 Å². The molecule has 92 valence electrons. The predicted octanol–water partition coefficient (Wildman–Crippen LogP) is 0.534. The van der Waals surface area contributed by atoms with E-state index in [1.807, 2.05) is 5.43 Å². The lowest BCUT2D eigenvalue weighted by atomic mass is 10.3. The monoisotopic (exact) mass is 261 g/mol. The van der Waals surface area contributed by atoms with E-state index in [0.29, 0.717) is 0 Å².